The molecule has 0 fully saturated rings. The Morgan fingerprint density at radius 3 is 2.86 bits per heavy atom. The van der Waals surface area contributed by atoms with E-state index in [1.54, 1.807) is 6.92 Å². The minimum absolute atomic E-state index is 0.00319. The molecule has 74 valence electrons. The van der Waals surface area contributed by atoms with Crippen molar-refractivity contribution in [3.63, 3.8) is 0 Å². The second-order valence-electron chi connectivity index (χ2n) is 2.54. The number of carbonyl (C=O) groups is 2. The topological polar surface area (TPSA) is 43.4 Å². The van der Waals surface area contributed by atoms with Crippen LogP contribution in [0.4, 0.5) is 4.39 Å². The third-order valence-electron chi connectivity index (χ3n) is 1.65. The Balaban J connectivity index is 3.16. The maximum Gasteiger partial charge on any atom is 0.341 e. The second-order valence-corrected chi connectivity index (χ2v) is 2.54. The molecule has 0 aromatic heterocycles. The number of ether oxygens (including phenoxy) is 1. The molecule has 0 aliphatic heterocycles. The maximum absolute atomic E-state index is 13.2. The van der Waals surface area contributed by atoms with Gasteiger partial charge in [-0.25, -0.2) is 9.18 Å². The molecule has 0 aliphatic rings. The van der Waals surface area contributed by atoms with E-state index in [4.69, 9.17) is 0 Å². The summed E-state index contributed by atoms with van der Waals surface area (Å²) in [5.41, 5.74) is -0.298. The second kappa shape index (κ2) is 4.50. The lowest BCUT2D eigenvalue weighted by Gasteiger charge is -2.04. The lowest BCUT2D eigenvalue weighted by molar-refractivity contribution is 0.0519. The molecule has 0 radical (unpaired) electrons. The normalized spacial score (nSPS) is 9.57. The first-order valence-corrected chi connectivity index (χ1v) is 4.11. The van der Waals surface area contributed by atoms with Crippen LogP contribution in [0, 0.1) is 5.82 Å². The average molecular weight is 196 g/mol. The monoisotopic (exact) mass is 196 g/mol. The predicted octanol–water partition coefficient (Wildman–Crippen LogP) is 1.81. The number of aldehydes is 1. The fourth-order valence-electron chi connectivity index (χ4n) is 1.06. The molecule has 0 unspecified atom stereocenters. The van der Waals surface area contributed by atoms with Crippen molar-refractivity contribution in [2.75, 3.05) is 6.61 Å². The van der Waals surface area contributed by atoms with Crippen molar-refractivity contribution in [1.29, 1.82) is 0 Å². The first-order chi connectivity index (χ1) is 6.70. The van der Waals surface area contributed by atoms with Crippen LogP contribution in [0.25, 0.3) is 0 Å². The van der Waals surface area contributed by atoms with Gasteiger partial charge in [0.2, 0.25) is 0 Å². The Morgan fingerprint density at radius 2 is 2.29 bits per heavy atom. The Morgan fingerprint density at radius 1 is 1.57 bits per heavy atom. The van der Waals surface area contributed by atoms with E-state index in [1.807, 2.05) is 0 Å². The summed E-state index contributed by atoms with van der Waals surface area (Å²) >= 11 is 0. The van der Waals surface area contributed by atoms with Crippen LogP contribution >= 0.6 is 0 Å². The highest BCUT2D eigenvalue weighted by Crippen LogP contribution is 2.13. The van der Waals surface area contributed by atoms with Gasteiger partial charge >= 0.3 is 5.97 Å². The van der Waals surface area contributed by atoms with Crippen molar-refractivity contribution in [2.24, 2.45) is 0 Å². The third-order valence-corrected chi connectivity index (χ3v) is 1.65. The highest BCUT2D eigenvalue weighted by atomic mass is 19.1. The summed E-state index contributed by atoms with van der Waals surface area (Å²) in [7, 11) is 0. The molecule has 0 heterocycles. The molecule has 0 atom stereocenters. The van der Waals surface area contributed by atoms with Crippen molar-refractivity contribution in [3.05, 3.63) is 35.1 Å². The largest absolute Gasteiger partial charge is 0.462 e. The molecule has 0 aliphatic carbocycles. The number of esters is 1. The highest BCUT2D eigenvalue weighted by molar-refractivity contribution is 5.98. The molecule has 0 N–H and O–H groups in total. The van der Waals surface area contributed by atoms with Crippen molar-refractivity contribution in [3.8, 4) is 0 Å². The van der Waals surface area contributed by atoms with E-state index in [0.717, 1.165) is 6.07 Å². The zero-order valence-corrected chi connectivity index (χ0v) is 7.62. The summed E-state index contributed by atoms with van der Waals surface area (Å²) in [4.78, 5) is 21.7. The highest BCUT2D eigenvalue weighted by Gasteiger charge is 2.16. The van der Waals surface area contributed by atoms with Crippen molar-refractivity contribution in [2.45, 2.75) is 6.92 Å². The van der Waals surface area contributed by atoms with Gasteiger partial charge in [-0.15, -0.1) is 0 Å². The molecule has 1 rings (SSSR count). The summed E-state index contributed by atoms with van der Waals surface area (Å²) in [6, 6.07) is 3.84. The van der Waals surface area contributed by atoms with Crippen LogP contribution in [0.15, 0.2) is 18.2 Å². The fourth-order valence-corrected chi connectivity index (χ4v) is 1.06. The van der Waals surface area contributed by atoms with E-state index in [9.17, 15) is 14.0 Å². The summed E-state index contributed by atoms with van der Waals surface area (Å²) < 4.78 is 17.8. The molecule has 14 heavy (non-hydrogen) atoms. The van der Waals surface area contributed by atoms with Crippen LogP contribution in [-0.2, 0) is 4.74 Å². The van der Waals surface area contributed by atoms with E-state index in [-0.39, 0.29) is 17.7 Å². The van der Waals surface area contributed by atoms with E-state index in [0.29, 0.717) is 6.29 Å². The lowest BCUT2D eigenvalue weighted by atomic mass is 10.1. The zero-order chi connectivity index (χ0) is 10.6. The molecule has 0 saturated heterocycles. The first kappa shape index (κ1) is 10.4. The standard InChI is InChI=1S/C10H9FO3/c1-2-14-10(13)9-7(6-12)4-3-5-8(9)11/h3-6H,2H2,1H3. The molecule has 1 aromatic carbocycles. The van der Waals surface area contributed by atoms with E-state index in [1.165, 1.54) is 12.1 Å². The van der Waals surface area contributed by atoms with Crippen LogP contribution in [0.2, 0.25) is 0 Å². The van der Waals surface area contributed by atoms with E-state index < -0.39 is 11.8 Å². The Hall–Kier alpha value is -1.71. The SMILES string of the molecule is CCOC(=O)c1c(F)cccc1C=O. The molecule has 1 aromatic rings. The van der Waals surface area contributed by atoms with Gasteiger partial charge in [-0.2, -0.15) is 0 Å². The number of halogens is 1. The number of rotatable bonds is 3. The van der Waals surface area contributed by atoms with Crippen LogP contribution in [0.5, 0.6) is 0 Å². The predicted molar refractivity (Wildman–Crippen MR) is 47.7 cm³/mol. The van der Waals surface area contributed by atoms with Gasteiger partial charge in [0.05, 0.1) is 6.61 Å². The molecule has 0 spiro atoms. The third kappa shape index (κ3) is 1.96. The number of hydrogen-bond donors (Lipinski definition) is 0. The van der Waals surface area contributed by atoms with Gasteiger partial charge in [0.25, 0.3) is 0 Å². The average Bonchev–Trinajstić information content (AvgIpc) is 2.17. The molecule has 4 heteroatoms. The van der Waals surface area contributed by atoms with E-state index in [2.05, 4.69) is 4.74 Å². The van der Waals surface area contributed by atoms with E-state index >= 15 is 0 Å². The molecule has 3 nitrogen and oxygen atoms in total. The zero-order valence-electron chi connectivity index (χ0n) is 7.62. The minimum Gasteiger partial charge on any atom is -0.462 e. The Labute approximate surface area is 80.5 Å². The number of carbonyl (C=O) groups excluding carboxylic acids is 2. The summed E-state index contributed by atoms with van der Waals surface area (Å²) in [6.07, 6.45) is 0.426. The summed E-state index contributed by atoms with van der Waals surface area (Å²) in [5.74, 6) is -1.55. The van der Waals surface area contributed by atoms with Gasteiger partial charge in [0, 0.05) is 5.56 Å². The lowest BCUT2D eigenvalue weighted by Crippen LogP contribution is -2.10. The first-order valence-electron chi connectivity index (χ1n) is 4.11. The number of benzene rings is 1. The van der Waals surface area contributed by atoms with Gasteiger partial charge in [-0.05, 0) is 13.0 Å². The van der Waals surface area contributed by atoms with Crippen LogP contribution < -0.4 is 0 Å². The van der Waals surface area contributed by atoms with Gasteiger partial charge in [-0.1, -0.05) is 12.1 Å². The summed E-state index contributed by atoms with van der Waals surface area (Å²) in [6.45, 7) is 1.75. The van der Waals surface area contributed by atoms with Crippen molar-refractivity contribution >= 4 is 12.3 Å². The molecule has 0 bridgehead atoms. The maximum atomic E-state index is 13.2. The summed E-state index contributed by atoms with van der Waals surface area (Å²) in [5, 5.41) is 0. The van der Waals surface area contributed by atoms with Crippen LogP contribution in [0.3, 0.4) is 0 Å². The Kier molecular flexibility index (Phi) is 3.34. The molecular formula is C10H9FO3. The van der Waals surface area contributed by atoms with Gasteiger partial charge in [0.1, 0.15) is 11.4 Å². The Bertz CT molecular complexity index is 360. The van der Waals surface area contributed by atoms with Crippen LogP contribution in [0.1, 0.15) is 27.6 Å². The van der Waals surface area contributed by atoms with Gasteiger partial charge in [0.15, 0.2) is 6.29 Å². The quantitative estimate of drug-likeness (QED) is 0.547. The van der Waals surface area contributed by atoms with Crippen LogP contribution in [-0.4, -0.2) is 18.9 Å². The van der Waals surface area contributed by atoms with Gasteiger partial charge < -0.3 is 4.74 Å². The molecular weight excluding hydrogens is 187 g/mol. The molecule has 0 saturated carbocycles. The minimum atomic E-state index is -0.812. The van der Waals surface area contributed by atoms with Gasteiger partial charge in [-0.3, -0.25) is 4.79 Å². The van der Waals surface area contributed by atoms with Crippen molar-refractivity contribution < 1.29 is 18.7 Å². The molecule has 0 amide bonds. The van der Waals surface area contributed by atoms with Crippen molar-refractivity contribution in [1.82, 2.24) is 0 Å². The smallest absolute Gasteiger partial charge is 0.341 e. The fraction of sp³-hybridized carbons (Fsp3) is 0.200. The number of hydrogen-bond acceptors (Lipinski definition) is 3.